The Labute approximate surface area is 195 Å². The highest BCUT2D eigenvalue weighted by atomic mass is 19.1. The molecule has 2 aliphatic heterocycles. The number of benzene rings is 1. The molecule has 2 aliphatic rings. The maximum Gasteiger partial charge on any atom is 0.414 e. The Morgan fingerprint density at radius 3 is 2.53 bits per heavy atom. The zero-order valence-electron chi connectivity index (χ0n) is 19.3. The summed E-state index contributed by atoms with van der Waals surface area (Å²) in [5.41, 5.74) is 1.46. The number of nitrogens with zero attached hydrogens (tertiary/aromatic N) is 6. The first-order chi connectivity index (χ1) is 16.3. The number of carbonyl (C=O) groups is 2. The van der Waals surface area contributed by atoms with Gasteiger partial charge in [0.2, 0.25) is 5.91 Å². The van der Waals surface area contributed by atoms with Gasteiger partial charge < -0.3 is 15.0 Å². The van der Waals surface area contributed by atoms with Crippen molar-refractivity contribution in [2.75, 3.05) is 43.0 Å². The van der Waals surface area contributed by atoms with Gasteiger partial charge in [0.05, 0.1) is 36.7 Å². The first-order valence-electron chi connectivity index (χ1n) is 11.1. The number of aliphatic imine (C=N–C) groups is 1. The van der Waals surface area contributed by atoms with E-state index in [-0.39, 0.29) is 36.4 Å². The monoisotopic (exact) mass is 475 g/mol. The Hall–Kier alpha value is -3.57. The Kier molecular flexibility index (Phi) is 6.75. The van der Waals surface area contributed by atoms with Crippen LogP contribution in [0.15, 0.2) is 23.3 Å². The molecular formula is C22H27F2N7O3. The third-order valence-electron chi connectivity index (χ3n) is 6.14. The normalized spacial score (nSPS) is 19.5. The van der Waals surface area contributed by atoms with Crippen LogP contribution in [-0.4, -0.2) is 72.0 Å². The predicted octanol–water partition coefficient (Wildman–Crippen LogP) is 2.30. The minimum absolute atomic E-state index is 0.0760. The lowest BCUT2D eigenvalue weighted by Gasteiger charge is -2.34. The summed E-state index contributed by atoms with van der Waals surface area (Å²) in [4.78, 5) is 30.2. The molecule has 0 saturated carbocycles. The molecule has 2 amide bonds. The summed E-state index contributed by atoms with van der Waals surface area (Å²) in [5.74, 6) is -1.75. The zero-order valence-corrected chi connectivity index (χ0v) is 19.3. The number of nitrogens with one attached hydrogen (secondary N) is 1. The number of halogens is 2. The molecule has 0 radical (unpaired) electrons. The third-order valence-corrected chi connectivity index (χ3v) is 6.14. The van der Waals surface area contributed by atoms with Crippen LogP contribution in [0.2, 0.25) is 0 Å². The topological polar surface area (TPSA) is 105 Å². The highest BCUT2D eigenvalue weighted by molar-refractivity contribution is 5.96. The first-order valence-corrected chi connectivity index (χ1v) is 11.1. The summed E-state index contributed by atoms with van der Waals surface area (Å²) in [6.45, 7) is 4.32. The number of hydrogen-bond acceptors (Lipinski definition) is 7. The van der Waals surface area contributed by atoms with Gasteiger partial charge >= 0.3 is 6.09 Å². The van der Waals surface area contributed by atoms with Crippen LogP contribution >= 0.6 is 0 Å². The molecule has 1 atom stereocenters. The van der Waals surface area contributed by atoms with Crippen LogP contribution < -0.4 is 15.1 Å². The summed E-state index contributed by atoms with van der Waals surface area (Å²) in [5, 5.41) is 10.9. The molecule has 0 bridgehead atoms. The zero-order chi connectivity index (χ0) is 24.4. The predicted molar refractivity (Wildman–Crippen MR) is 121 cm³/mol. The molecular weight excluding hydrogens is 448 g/mol. The van der Waals surface area contributed by atoms with E-state index in [0.29, 0.717) is 31.6 Å². The fraction of sp³-hybridized carbons (Fsp3) is 0.500. The van der Waals surface area contributed by atoms with E-state index >= 15 is 8.78 Å². The van der Waals surface area contributed by atoms with Crippen molar-refractivity contribution in [3.63, 3.8) is 0 Å². The highest BCUT2D eigenvalue weighted by Crippen LogP contribution is 2.34. The molecule has 2 fully saturated rings. The summed E-state index contributed by atoms with van der Waals surface area (Å²) >= 11 is 0. The molecule has 4 rings (SSSR count). The van der Waals surface area contributed by atoms with Gasteiger partial charge in [-0.15, -0.1) is 5.10 Å². The summed E-state index contributed by atoms with van der Waals surface area (Å²) in [6.07, 6.45) is 1.83. The first kappa shape index (κ1) is 23.6. The van der Waals surface area contributed by atoms with E-state index in [4.69, 9.17) is 4.74 Å². The van der Waals surface area contributed by atoms with Crippen LogP contribution in [0.1, 0.15) is 38.4 Å². The Morgan fingerprint density at radius 1 is 1.24 bits per heavy atom. The second-order valence-electron chi connectivity index (χ2n) is 8.42. The largest absolute Gasteiger partial charge is 0.442 e. The fourth-order valence-electron chi connectivity index (χ4n) is 4.20. The van der Waals surface area contributed by atoms with Gasteiger partial charge in [-0.3, -0.25) is 14.7 Å². The van der Waals surface area contributed by atoms with Gasteiger partial charge in [0, 0.05) is 39.2 Å². The van der Waals surface area contributed by atoms with Crippen molar-refractivity contribution in [1.29, 1.82) is 0 Å². The van der Waals surface area contributed by atoms with Gasteiger partial charge in [-0.2, -0.15) is 0 Å². The lowest BCUT2D eigenvalue weighted by Crippen LogP contribution is -2.36. The van der Waals surface area contributed by atoms with E-state index in [1.165, 1.54) is 11.8 Å². The lowest BCUT2D eigenvalue weighted by atomic mass is 10.0. The molecule has 1 N–H and O–H groups in total. The summed E-state index contributed by atoms with van der Waals surface area (Å²) in [6, 6.07) is 2.36. The maximum absolute atomic E-state index is 15.0. The number of aromatic nitrogens is 3. The molecule has 10 nitrogen and oxygen atoms in total. The smallest absolute Gasteiger partial charge is 0.414 e. The number of carbonyl (C=O) groups excluding carboxylic acids is 2. The van der Waals surface area contributed by atoms with E-state index in [1.807, 2.05) is 13.1 Å². The van der Waals surface area contributed by atoms with Crippen molar-refractivity contribution >= 4 is 29.1 Å². The second kappa shape index (κ2) is 9.74. The number of anilines is 2. The van der Waals surface area contributed by atoms with Crippen LogP contribution in [-0.2, 0) is 9.53 Å². The van der Waals surface area contributed by atoms with Crippen molar-refractivity contribution in [1.82, 2.24) is 20.3 Å². The van der Waals surface area contributed by atoms with Crippen LogP contribution in [0.5, 0.6) is 0 Å². The highest BCUT2D eigenvalue weighted by Gasteiger charge is 2.34. The molecule has 0 unspecified atom stereocenters. The van der Waals surface area contributed by atoms with Gasteiger partial charge in [0.15, 0.2) is 11.6 Å². The molecule has 0 spiro atoms. The molecule has 2 aromatic rings. The van der Waals surface area contributed by atoms with Gasteiger partial charge in [-0.05, 0) is 19.8 Å². The molecule has 12 heteroatoms. The SMILES string of the molecule is CN=C(C)c1cn(C2CCN(c3c(F)cc(N4C[C@H](CNC(C)=O)OC4=O)cc3F)CC2)nn1. The van der Waals surface area contributed by atoms with Crippen molar-refractivity contribution in [2.24, 2.45) is 4.99 Å². The number of hydrogen-bond donors (Lipinski definition) is 1. The summed E-state index contributed by atoms with van der Waals surface area (Å²) in [7, 11) is 1.69. The number of cyclic esters (lactones) is 1. The fourth-order valence-corrected chi connectivity index (χ4v) is 4.20. The standard InChI is InChI=1S/C22H27F2N7O3/c1-13(25-3)20-12-31(28-27-20)15-4-6-29(7-5-15)21-18(23)8-16(9-19(21)24)30-11-17(34-22(30)33)10-26-14(2)32/h8-9,12,15,17H,4-7,10-11H2,1-3H3,(H,26,32)/t17-/m0/s1. The van der Waals surface area contributed by atoms with Gasteiger partial charge in [0.25, 0.3) is 0 Å². The van der Waals surface area contributed by atoms with E-state index in [1.54, 1.807) is 16.6 Å². The number of piperidine rings is 1. The Morgan fingerprint density at radius 2 is 1.91 bits per heavy atom. The molecule has 2 saturated heterocycles. The van der Waals surface area contributed by atoms with Crippen LogP contribution in [0.4, 0.5) is 25.0 Å². The minimum Gasteiger partial charge on any atom is -0.442 e. The van der Waals surface area contributed by atoms with Crippen molar-refractivity contribution in [2.45, 2.75) is 38.8 Å². The van der Waals surface area contributed by atoms with Crippen molar-refractivity contribution < 1.29 is 23.1 Å². The third kappa shape index (κ3) is 4.85. The molecule has 1 aromatic heterocycles. The Balaban J connectivity index is 1.42. The quantitative estimate of drug-likeness (QED) is 0.643. The number of amides is 2. The van der Waals surface area contributed by atoms with E-state index in [9.17, 15) is 9.59 Å². The molecule has 0 aliphatic carbocycles. The van der Waals surface area contributed by atoms with E-state index < -0.39 is 23.8 Å². The lowest BCUT2D eigenvalue weighted by molar-refractivity contribution is -0.119. The molecule has 3 heterocycles. The van der Waals surface area contributed by atoms with Crippen molar-refractivity contribution in [3.05, 3.63) is 35.7 Å². The second-order valence-corrected chi connectivity index (χ2v) is 8.42. The molecule has 1 aromatic carbocycles. The average Bonchev–Trinajstić information content (AvgIpc) is 3.44. The minimum atomic E-state index is -0.746. The molecule has 34 heavy (non-hydrogen) atoms. The van der Waals surface area contributed by atoms with Crippen LogP contribution in [0, 0.1) is 11.6 Å². The maximum atomic E-state index is 15.0. The number of rotatable bonds is 6. The van der Waals surface area contributed by atoms with Gasteiger partial charge in [-0.1, -0.05) is 5.21 Å². The molecule has 182 valence electrons. The van der Waals surface area contributed by atoms with Gasteiger partial charge in [-0.25, -0.2) is 18.3 Å². The summed E-state index contributed by atoms with van der Waals surface area (Å²) < 4.78 is 37.0. The van der Waals surface area contributed by atoms with E-state index in [2.05, 4.69) is 20.6 Å². The average molecular weight is 476 g/mol. The van der Waals surface area contributed by atoms with Crippen LogP contribution in [0.25, 0.3) is 0 Å². The number of ether oxygens (including phenoxy) is 1. The van der Waals surface area contributed by atoms with Crippen molar-refractivity contribution in [3.8, 4) is 0 Å². The van der Waals surface area contributed by atoms with E-state index in [0.717, 1.165) is 17.8 Å². The Bertz CT molecular complexity index is 1090. The van der Waals surface area contributed by atoms with Crippen LogP contribution in [0.3, 0.4) is 0 Å². The van der Waals surface area contributed by atoms with Gasteiger partial charge in [0.1, 0.15) is 17.5 Å².